The fraction of sp³-hybridized carbons (Fsp3) is 0.111. The molecule has 1 nitrogen and oxygen atoms in total. The Labute approximate surface area is 86.1 Å². The van der Waals surface area contributed by atoms with Gasteiger partial charge in [0.2, 0.25) is 0 Å². The van der Waals surface area contributed by atoms with Gasteiger partial charge in [-0.3, -0.25) is 0 Å². The number of benzene rings is 1. The summed E-state index contributed by atoms with van der Waals surface area (Å²) in [5.74, 6) is 0. The molecule has 0 amide bonds. The Hall–Kier alpha value is -0.970. The lowest BCUT2D eigenvalue weighted by atomic mass is 10.1. The highest BCUT2D eigenvalue weighted by Crippen LogP contribution is 2.33. The number of fused-ring (bicyclic) bond motifs is 1. The minimum Gasteiger partial charge on any atom is -0.360 e. The van der Waals surface area contributed by atoms with Crippen molar-refractivity contribution >= 4 is 26.8 Å². The zero-order chi connectivity index (χ0) is 10.3. The SMILES string of the molecule is FC(F)(F)c1ccc2[nH]cc(Br)c2c1. The van der Waals surface area contributed by atoms with Crippen molar-refractivity contribution in [3.8, 4) is 0 Å². The van der Waals surface area contributed by atoms with Gasteiger partial charge in [-0.2, -0.15) is 13.2 Å². The van der Waals surface area contributed by atoms with Crippen molar-refractivity contribution in [2.75, 3.05) is 0 Å². The van der Waals surface area contributed by atoms with Gasteiger partial charge in [0.1, 0.15) is 0 Å². The Balaban J connectivity index is 2.66. The summed E-state index contributed by atoms with van der Waals surface area (Å²) < 4.78 is 37.6. The van der Waals surface area contributed by atoms with Gasteiger partial charge >= 0.3 is 6.18 Å². The summed E-state index contributed by atoms with van der Waals surface area (Å²) >= 11 is 3.17. The fourth-order valence-electron chi connectivity index (χ4n) is 1.26. The van der Waals surface area contributed by atoms with Crippen molar-refractivity contribution in [3.63, 3.8) is 0 Å². The van der Waals surface area contributed by atoms with E-state index in [0.29, 0.717) is 15.4 Å². The van der Waals surface area contributed by atoms with Crippen molar-refractivity contribution in [2.45, 2.75) is 6.18 Å². The average molecular weight is 264 g/mol. The van der Waals surface area contributed by atoms with Crippen molar-refractivity contribution in [3.05, 3.63) is 34.4 Å². The van der Waals surface area contributed by atoms with Gasteiger partial charge in [0, 0.05) is 21.6 Å². The molecule has 1 aromatic heterocycles. The number of nitrogens with one attached hydrogen (secondary N) is 1. The molecule has 0 aliphatic rings. The first-order valence-electron chi connectivity index (χ1n) is 3.82. The van der Waals surface area contributed by atoms with Crippen LogP contribution in [0.3, 0.4) is 0 Å². The minimum absolute atomic E-state index is 0.542. The number of aromatic nitrogens is 1. The highest BCUT2D eigenvalue weighted by Gasteiger charge is 2.30. The predicted molar refractivity (Wildman–Crippen MR) is 51.0 cm³/mol. The summed E-state index contributed by atoms with van der Waals surface area (Å²) in [5.41, 5.74) is 0.0511. The Kier molecular flexibility index (Phi) is 2.06. The molecule has 0 atom stereocenters. The van der Waals surface area contributed by atoms with E-state index >= 15 is 0 Å². The van der Waals surface area contributed by atoms with Crippen LogP contribution in [0.5, 0.6) is 0 Å². The Bertz CT molecular complexity index is 472. The molecular weight excluding hydrogens is 259 g/mol. The smallest absolute Gasteiger partial charge is 0.360 e. The van der Waals surface area contributed by atoms with Gasteiger partial charge in [-0.25, -0.2) is 0 Å². The normalized spacial score (nSPS) is 12.3. The average Bonchev–Trinajstić information content (AvgIpc) is 2.46. The van der Waals surface area contributed by atoms with Crippen molar-refractivity contribution in [1.82, 2.24) is 4.98 Å². The molecule has 1 N–H and O–H groups in total. The molecule has 1 aromatic carbocycles. The topological polar surface area (TPSA) is 15.8 Å². The van der Waals surface area contributed by atoms with Crippen LogP contribution in [0, 0.1) is 0 Å². The van der Waals surface area contributed by atoms with E-state index in [4.69, 9.17) is 0 Å². The van der Waals surface area contributed by atoms with Gasteiger partial charge in [-0.1, -0.05) is 0 Å². The molecule has 74 valence electrons. The summed E-state index contributed by atoms with van der Waals surface area (Å²) in [6.07, 6.45) is -2.67. The van der Waals surface area contributed by atoms with Crippen LogP contribution in [0.2, 0.25) is 0 Å². The summed E-state index contributed by atoms with van der Waals surface area (Å²) in [7, 11) is 0. The second-order valence-corrected chi connectivity index (χ2v) is 3.75. The largest absolute Gasteiger partial charge is 0.416 e. The first-order chi connectivity index (χ1) is 6.48. The molecule has 2 aromatic rings. The third kappa shape index (κ3) is 1.52. The maximum absolute atomic E-state index is 12.3. The molecule has 0 aliphatic carbocycles. The molecule has 14 heavy (non-hydrogen) atoms. The Morgan fingerprint density at radius 3 is 2.57 bits per heavy atom. The molecule has 0 bridgehead atoms. The van der Waals surface area contributed by atoms with Gasteiger partial charge in [-0.15, -0.1) is 0 Å². The monoisotopic (exact) mass is 263 g/mol. The summed E-state index contributed by atoms with van der Waals surface area (Å²) in [4.78, 5) is 2.85. The Morgan fingerprint density at radius 1 is 1.21 bits per heavy atom. The van der Waals surface area contributed by atoms with Gasteiger partial charge < -0.3 is 4.98 Å². The molecule has 0 unspecified atom stereocenters. The van der Waals surface area contributed by atoms with Crippen LogP contribution >= 0.6 is 15.9 Å². The van der Waals surface area contributed by atoms with Crippen LogP contribution in [0.1, 0.15) is 5.56 Å². The first kappa shape index (κ1) is 9.58. The van der Waals surface area contributed by atoms with Crippen LogP contribution in [0.4, 0.5) is 13.2 Å². The Morgan fingerprint density at radius 2 is 1.93 bits per heavy atom. The molecule has 0 saturated carbocycles. The van der Waals surface area contributed by atoms with Crippen molar-refractivity contribution < 1.29 is 13.2 Å². The lowest BCUT2D eigenvalue weighted by molar-refractivity contribution is -0.137. The highest BCUT2D eigenvalue weighted by atomic mass is 79.9. The predicted octanol–water partition coefficient (Wildman–Crippen LogP) is 3.95. The second kappa shape index (κ2) is 3.02. The maximum atomic E-state index is 12.3. The molecule has 0 saturated heterocycles. The van der Waals surface area contributed by atoms with E-state index in [9.17, 15) is 13.2 Å². The minimum atomic E-state index is -4.29. The molecule has 0 aliphatic heterocycles. The first-order valence-corrected chi connectivity index (χ1v) is 4.61. The van der Waals surface area contributed by atoms with E-state index < -0.39 is 11.7 Å². The van der Waals surface area contributed by atoms with E-state index in [-0.39, 0.29) is 0 Å². The van der Waals surface area contributed by atoms with Crippen molar-refractivity contribution in [1.29, 1.82) is 0 Å². The summed E-state index contributed by atoms with van der Waals surface area (Å²) in [6.45, 7) is 0. The zero-order valence-electron chi connectivity index (χ0n) is 6.82. The van der Waals surface area contributed by atoms with E-state index in [1.54, 1.807) is 6.20 Å². The quantitative estimate of drug-likeness (QED) is 0.741. The van der Waals surface area contributed by atoms with E-state index in [0.717, 1.165) is 12.1 Å². The number of aromatic amines is 1. The standard InChI is InChI=1S/C9H5BrF3N/c10-7-4-14-8-2-1-5(3-6(7)8)9(11,12)13/h1-4,14H. The summed E-state index contributed by atoms with van der Waals surface area (Å²) in [5, 5.41) is 0.542. The number of halogens is 4. The molecule has 2 rings (SSSR count). The number of alkyl halides is 3. The number of H-pyrrole nitrogens is 1. The van der Waals surface area contributed by atoms with E-state index in [1.807, 2.05) is 0 Å². The van der Waals surface area contributed by atoms with E-state index in [2.05, 4.69) is 20.9 Å². The maximum Gasteiger partial charge on any atom is 0.416 e. The summed E-state index contributed by atoms with van der Waals surface area (Å²) in [6, 6.07) is 3.60. The molecule has 0 fully saturated rings. The van der Waals surface area contributed by atoms with Gasteiger partial charge in [0.15, 0.2) is 0 Å². The molecule has 5 heteroatoms. The third-order valence-corrected chi connectivity index (χ3v) is 2.61. The van der Waals surface area contributed by atoms with Crippen molar-refractivity contribution in [2.24, 2.45) is 0 Å². The third-order valence-electron chi connectivity index (χ3n) is 1.96. The molecule has 1 heterocycles. The number of hydrogen-bond donors (Lipinski definition) is 1. The van der Waals surface area contributed by atoms with Crippen LogP contribution in [-0.2, 0) is 6.18 Å². The molecule has 0 radical (unpaired) electrons. The van der Waals surface area contributed by atoms with Gasteiger partial charge in [-0.05, 0) is 34.1 Å². The van der Waals surface area contributed by atoms with Gasteiger partial charge in [0.25, 0.3) is 0 Å². The zero-order valence-corrected chi connectivity index (χ0v) is 8.41. The molecular formula is C9H5BrF3N. The molecule has 0 spiro atoms. The van der Waals surface area contributed by atoms with Gasteiger partial charge in [0.05, 0.1) is 5.56 Å². The van der Waals surface area contributed by atoms with Crippen LogP contribution in [-0.4, -0.2) is 4.98 Å². The van der Waals surface area contributed by atoms with Crippen LogP contribution < -0.4 is 0 Å². The van der Waals surface area contributed by atoms with Crippen LogP contribution in [0.25, 0.3) is 10.9 Å². The number of hydrogen-bond acceptors (Lipinski definition) is 0. The lowest BCUT2D eigenvalue weighted by Gasteiger charge is -2.05. The fourth-order valence-corrected chi connectivity index (χ4v) is 1.71. The second-order valence-electron chi connectivity index (χ2n) is 2.89. The highest BCUT2D eigenvalue weighted by molar-refractivity contribution is 9.10. The van der Waals surface area contributed by atoms with E-state index in [1.165, 1.54) is 6.07 Å². The van der Waals surface area contributed by atoms with Crippen LogP contribution in [0.15, 0.2) is 28.9 Å². The number of rotatable bonds is 0. The lowest BCUT2D eigenvalue weighted by Crippen LogP contribution is -2.03.